The second-order valence-corrected chi connectivity index (χ2v) is 11.2. The van der Waals surface area contributed by atoms with Crippen molar-refractivity contribution in [1.29, 1.82) is 0 Å². The molecule has 0 spiro atoms. The number of hydrogen-bond acceptors (Lipinski definition) is 5. The van der Waals surface area contributed by atoms with Crippen LogP contribution in [0.1, 0.15) is 79.6 Å². The summed E-state index contributed by atoms with van der Waals surface area (Å²) in [5.74, 6) is 0.251. The van der Waals surface area contributed by atoms with Crippen molar-refractivity contribution in [3.05, 3.63) is 45.2 Å². The second-order valence-electron chi connectivity index (χ2n) is 10.4. The summed E-state index contributed by atoms with van der Waals surface area (Å²) in [5.41, 5.74) is 3.02. The van der Waals surface area contributed by atoms with Crippen LogP contribution in [0.25, 0.3) is 0 Å². The number of fused-ring (bicyclic) bond motifs is 1. The molecule has 2 aromatic rings. The van der Waals surface area contributed by atoms with Crippen LogP contribution in [-0.2, 0) is 11.2 Å². The van der Waals surface area contributed by atoms with Crippen LogP contribution in [0.3, 0.4) is 0 Å². The number of piperidine rings is 1. The highest BCUT2D eigenvalue weighted by Gasteiger charge is 2.33. The van der Waals surface area contributed by atoms with Crippen molar-refractivity contribution in [2.24, 2.45) is 0 Å². The summed E-state index contributed by atoms with van der Waals surface area (Å²) < 4.78 is 6.22. The normalized spacial score (nSPS) is 21.1. The number of carbonyl (C=O) groups is 2. The number of halogens is 1. The largest absolute Gasteiger partial charge is 0.507 e. The number of nitrogens with zero attached hydrogens (tertiary/aromatic N) is 3. The van der Waals surface area contributed by atoms with E-state index in [1.165, 1.54) is 0 Å². The molecule has 2 amide bonds. The van der Waals surface area contributed by atoms with E-state index in [4.69, 9.17) is 4.74 Å². The molecule has 0 saturated carbocycles. The molecule has 2 atom stereocenters. The Hall–Kier alpha value is -2.55. The minimum absolute atomic E-state index is 0.00257. The van der Waals surface area contributed by atoms with E-state index in [2.05, 4.69) is 33.1 Å². The molecule has 1 aromatic carbocycles. The molecule has 0 radical (unpaired) electrons. The molecule has 184 valence electrons. The smallest absolute Gasteiger partial charge is 0.410 e. The number of H-pyrrole nitrogens is 1. The number of aromatic nitrogens is 2. The van der Waals surface area contributed by atoms with Gasteiger partial charge in [-0.1, -0.05) is 6.92 Å². The van der Waals surface area contributed by atoms with Crippen molar-refractivity contribution in [3.63, 3.8) is 0 Å². The van der Waals surface area contributed by atoms with Gasteiger partial charge in [-0.3, -0.25) is 9.89 Å². The fraction of sp³-hybridized carbons (Fsp3) is 0.560. The zero-order valence-corrected chi connectivity index (χ0v) is 21.8. The molecule has 2 aliphatic heterocycles. The SMILES string of the molecule is CC1CN(C(=O)c2cn[nH]c2C2CCCN(C(=O)OC(C)(C)C)C2)CCc2cc(Br)c(O)cc21. The first-order valence-corrected chi connectivity index (χ1v) is 12.6. The number of hydrogen-bond donors (Lipinski definition) is 2. The number of phenols is 1. The van der Waals surface area contributed by atoms with Crippen LogP contribution in [0.5, 0.6) is 5.75 Å². The Morgan fingerprint density at radius 1 is 1.21 bits per heavy atom. The Kier molecular flexibility index (Phi) is 6.94. The van der Waals surface area contributed by atoms with E-state index in [1.54, 1.807) is 17.2 Å². The van der Waals surface area contributed by atoms with Crippen LogP contribution in [0, 0.1) is 0 Å². The van der Waals surface area contributed by atoms with Crippen molar-refractivity contribution < 1.29 is 19.4 Å². The van der Waals surface area contributed by atoms with Crippen molar-refractivity contribution in [2.45, 2.75) is 64.4 Å². The first-order valence-electron chi connectivity index (χ1n) is 11.8. The molecule has 0 bridgehead atoms. The third-order valence-corrected chi connectivity index (χ3v) is 7.19. The van der Waals surface area contributed by atoms with Gasteiger partial charge in [-0.15, -0.1) is 0 Å². The van der Waals surface area contributed by atoms with Gasteiger partial charge in [0, 0.05) is 32.1 Å². The molecular formula is C25H33BrN4O4. The summed E-state index contributed by atoms with van der Waals surface area (Å²) in [7, 11) is 0. The highest BCUT2D eigenvalue weighted by Crippen LogP contribution is 2.35. The van der Waals surface area contributed by atoms with Gasteiger partial charge >= 0.3 is 6.09 Å². The molecular weight excluding hydrogens is 500 g/mol. The second kappa shape index (κ2) is 9.60. The predicted molar refractivity (Wildman–Crippen MR) is 132 cm³/mol. The lowest BCUT2D eigenvalue weighted by Gasteiger charge is -2.34. The maximum atomic E-state index is 13.6. The van der Waals surface area contributed by atoms with E-state index in [9.17, 15) is 14.7 Å². The number of nitrogens with one attached hydrogen (secondary N) is 1. The molecule has 1 aromatic heterocycles. The number of aromatic hydroxyl groups is 1. The molecule has 8 nitrogen and oxygen atoms in total. The van der Waals surface area contributed by atoms with E-state index < -0.39 is 5.60 Å². The summed E-state index contributed by atoms with van der Waals surface area (Å²) in [6.07, 6.45) is 3.71. The minimum Gasteiger partial charge on any atom is -0.507 e. The summed E-state index contributed by atoms with van der Waals surface area (Å²) in [6, 6.07) is 3.75. The van der Waals surface area contributed by atoms with Crippen molar-refractivity contribution >= 4 is 27.9 Å². The van der Waals surface area contributed by atoms with E-state index in [0.717, 1.165) is 29.7 Å². The number of carbonyl (C=O) groups excluding carboxylic acids is 2. The highest BCUT2D eigenvalue weighted by atomic mass is 79.9. The van der Waals surface area contributed by atoms with E-state index in [-0.39, 0.29) is 29.6 Å². The number of rotatable bonds is 2. The molecule has 1 saturated heterocycles. The number of likely N-dealkylation sites (tertiary alicyclic amines) is 1. The van der Waals surface area contributed by atoms with Crippen LogP contribution in [-0.4, -0.2) is 68.9 Å². The van der Waals surface area contributed by atoms with Crippen molar-refractivity contribution in [2.75, 3.05) is 26.2 Å². The highest BCUT2D eigenvalue weighted by molar-refractivity contribution is 9.10. The predicted octanol–water partition coefficient (Wildman–Crippen LogP) is 4.79. The van der Waals surface area contributed by atoms with Gasteiger partial charge in [-0.25, -0.2) is 4.79 Å². The Morgan fingerprint density at radius 2 is 1.97 bits per heavy atom. The summed E-state index contributed by atoms with van der Waals surface area (Å²) in [5, 5.41) is 17.4. The van der Waals surface area contributed by atoms with Gasteiger partial charge < -0.3 is 19.6 Å². The van der Waals surface area contributed by atoms with Crippen molar-refractivity contribution in [1.82, 2.24) is 20.0 Å². The van der Waals surface area contributed by atoms with E-state index in [0.29, 0.717) is 42.6 Å². The van der Waals surface area contributed by atoms with Gasteiger partial charge in [0.05, 0.1) is 21.9 Å². The average Bonchev–Trinajstić information content (AvgIpc) is 3.21. The molecule has 2 N–H and O–H groups in total. The van der Waals surface area contributed by atoms with Gasteiger partial charge in [0.2, 0.25) is 0 Å². The number of ether oxygens (including phenoxy) is 1. The summed E-state index contributed by atoms with van der Waals surface area (Å²) in [6.45, 7) is 9.95. The van der Waals surface area contributed by atoms with Gasteiger partial charge in [-0.2, -0.15) is 5.10 Å². The first-order chi connectivity index (χ1) is 16.0. The molecule has 1 fully saturated rings. The maximum Gasteiger partial charge on any atom is 0.410 e. The van der Waals surface area contributed by atoms with Gasteiger partial charge in [-0.05, 0) is 85.1 Å². The van der Waals surface area contributed by atoms with Crippen LogP contribution in [0.15, 0.2) is 22.8 Å². The maximum absolute atomic E-state index is 13.6. The topological polar surface area (TPSA) is 98.8 Å². The molecule has 0 aliphatic carbocycles. The zero-order chi connectivity index (χ0) is 24.6. The van der Waals surface area contributed by atoms with Gasteiger partial charge in [0.15, 0.2) is 0 Å². The first kappa shape index (κ1) is 24.6. The van der Waals surface area contributed by atoms with E-state index >= 15 is 0 Å². The molecule has 34 heavy (non-hydrogen) atoms. The summed E-state index contributed by atoms with van der Waals surface area (Å²) >= 11 is 3.40. The number of aromatic amines is 1. The third kappa shape index (κ3) is 5.24. The average molecular weight is 533 g/mol. The van der Waals surface area contributed by atoms with Crippen LogP contribution < -0.4 is 0 Å². The number of amides is 2. The molecule has 9 heteroatoms. The number of phenolic OH excluding ortho intramolecular Hbond substituents is 1. The van der Waals surface area contributed by atoms with Gasteiger partial charge in [0.25, 0.3) is 5.91 Å². The Labute approximate surface area is 208 Å². The van der Waals surface area contributed by atoms with Crippen LogP contribution in [0.4, 0.5) is 4.79 Å². The van der Waals surface area contributed by atoms with Crippen LogP contribution >= 0.6 is 15.9 Å². The lowest BCUT2D eigenvalue weighted by Crippen LogP contribution is -2.42. The van der Waals surface area contributed by atoms with Crippen LogP contribution in [0.2, 0.25) is 0 Å². The van der Waals surface area contributed by atoms with Gasteiger partial charge in [0.1, 0.15) is 11.4 Å². The number of benzene rings is 1. The molecule has 4 rings (SSSR count). The van der Waals surface area contributed by atoms with Crippen molar-refractivity contribution in [3.8, 4) is 5.75 Å². The standard InChI is InChI=1S/C25H33BrN4O4/c1-15-13-29(9-7-16-10-20(26)21(31)11-18(15)16)23(32)19-12-27-28-22(19)17-6-5-8-30(14-17)24(33)34-25(2,3)4/h10-12,15,17,31H,5-9,13-14H2,1-4H3,(H,27,28). The zero-order valence-electron chi connectivity index (χ0n) is 20.2. The Balaban J connectivity index is 1.50. The summed E-state index contributed by atoms with van der Waals surface area (Å²) in [4.78, 5) is 29.8. The molecule has 2 aliphatic rings. The molecule has 2 unspecified atom stereocenters. The fourth-order valence-corrected chi connectivity index (χ4v) is 5.30. The molecule has 3 heterocycles. The minimum atomic E-state index is -0.549. The Morgan fingerprint density at radius 3 is 2.71 bits per heavy atom. The van der Waals surface area contributed by atoms with E-state index in [1.807, 2.05) is 31.7 Å². The monoisotopic (exact) mass is 532 g/mol. The lowest BCUT2D eigenvalue weighted by molar-refractivity contribution is 0.0197. The Bertz CT molecular complexity index is 1080. The third-order valence-electron chi connectivity index (χ3n) is 6.55. The fourth-order valence-electron chi connectivity index (χ4n) is 4.91. The quantitative estimate of drug-likeness (QED) is 0.578. The lowest BCUT2D eigenvalue weighted by atomic mass is 9.92.